The molecule has 0 aromatic heterocycles. The van der Waals surface area contributed by atoms with Gasteiger partial charge in [0.1, 0.15) is 6.17 Å². The molecule has 10 heavy (non-hydrogen) atoms. The van der Waals surface area contributed by atoms with Crippen LogP contribution in [0.1, 0.15) is 26.7 Å². The Balaban J connectivity index is 2.52. The van der Waals surface area contributed by atoms with E-state index in [1.54, 1.807) is 0 Å². The van der Waals surface area contributed by atoms with Gasteiger partial charge in [0.25, 0.3) is 0 Å². The maximum Gasteiger partial charge on any atom is 0.126 e. The number of hydrogen-bond donors (Lipinski definition) is 1. The number of halogens is 1. The summed E-state index contributed by atoms with van der Waals surface area (Å²) in [7, 11) is 0. The van der Waals surface area contributed by atoms with Gasteiger partial charge in [-0.1, -0.05) is 13.8 Å². The largest absolute Gasteiger partial charge is 0.390 e. The van der Waals surface area contributed by atoms with Gasteiger partial charge in [0.15, 0.2) is 0 Å². The third-order valence-electron chi connectivity index (χ3n) is 2.70. The minimum Gasteiger partial charge on any atom is -0.390 e. The molecule has 1 N–H and O–H groups in total. The fourth-order valence-corrected chi connectivity index (χ4v) is 1.52. The Morgan fingerprint density at radius 2 is 1.90 bits per heavy atom. The Labute approximate surface area is 61.2 Å². The molecule has 4 atom stereocenters. The van der Waals surface area contributed by atoms with Crippen LogP contribution in [0.4, 0.5) is 4.39 Å². The Morgan fingerprint density at radius 3 is 2.40 bits per heavy atom. The topological polar surface area (TPSA) is 20.2 Å². The van der Waals surface area contributed by atoms with Crippen molar-refractivity contribution < 1.29 is 9.50 Å². The van der Waals surface area contributed by atoms with Gasteiger partial charge in [0.2, 0.25) is 0 Å². The number of rotatable bonds is 0. The second-order valence-corrected chi connectivity index (χ2v) is 3.42. The summed E-state index contributed by atoms with van der Waals surface area (Å²) in [6.45, 7) is 3.99. The Morgan fingerprint density at radius 1 is 1.30 bits per heavy atom. The standard InChI is InChI=1S/C8H15FO/c1-5-3-4-7(9)8(10)6(5)2/h5-8,10H,3-4H2,1-2H3/t5-,6-,7+,8-/m1/s1. The normalized spacial score (nSPS) is 49.2. The van der Waals surface area contributed by atoms with Crippen molar-refractivity contribution in [2.75, 3.05) is 0 Å². The lowest BCUT2D eigenvalue weighted by atomic mass is 9.79. The Bertz CT molecular complexity index is 102. The highest BCUT2D eigenvalue weighted by molar-refractivity contribution is 4.82. The van der Waals surface area contributed by atoms with E-state index >= 15 is 0 Å². The van der Waals surface area contributed by atoms with E-state index in [9.17, 15) is 9.50 Å². The molecule has 0 aliphatic heterocycles. The van der Waals surface area contributed by atoms with Crippen molar-refractivity contribution >= 4 is 0 Å². The fraction of sp³-hybridized carbons (Fsp3) is 1.00. The molecule has 1 aliphatic carbocycles. The average molecular weight is 146 g/mol. The second kappa shape index (κ2) is 2.87. The zero-order valence-corrected chi connectivity index (χ0v) is 6.55. The van der Waals surface area contributed by atoms with Crippen LogP contribution >= 0.6 is 0 Å². The van der Waals surface area contributed by atoms with Gasteiger partial charge in [0.05, 0.1) is 6.10 Å². The van der Waals surface area contributed by atoms with Crippen molar-refractivity contribution in [3.05, 3.63) is 0 Å². The molecule has 60 valence electrons. The predicted octanol–water partition coefficient (Wildman–Crippen LogP) is 1.75. The van der Waals surface area contributed by atoms with Crippen LogP contribution in [0.3, 0.4) is 0 Å². The molecule has 1 aliphatic rings. The van der Waals surface area contributed by atoms with Crippen molar-refractivity contribution in [2.45, 2.75) is 39.0 Å². The third kappa shape index (κ3) is 1.31. The molecule has 0 heterocycles. The number of hydrogen-bond acceptors (Lipinski definition) is 1. The first-order valence-corrected chi connectivity index (χ1v) is 3.95. The average Bonchev–Trinajstić information content (AvgIpc) is 1.93. The molecule has 0 bridgehead atoms. The highest BCUT2D eigenvalue weighted by atomic mass is 19.1. The van der Waals surface area contributed by atoms with E-state index in [4.69, 9.17) is 0 Å². The van der Waals surface area contributed by atoms with Gasteiger partial charge in [-0.3, -0.25) is 0 Å². The van der Waals surface area contributed by atoms with Crippen LogP contribution in [0.5, 0.6) is 0 Å². The van der Waals surface area contributed by atoms with Gasteiger partial charge >= 0.3 is 0 Å². The molecular formula is C8H15FO. The highest BCUT2D eigenvalue weighted by Gasteiger charge is 2.33. The molecule has 0 saturated heterocycles. The summed E-state index contributed by atoms with van der Waals surface area (Å²) in [6, 6.07) is 0. The maximum atomic E-state index is 12.8. The summed E-state index contributed by atoms with van der Waals surface area (Å²) < 4.78 is 12.8. The quantitative estimate of drug-likeness (QED) is 0.552. The molecule has 1 fully saturated rings. The molecule has 1 rings (SSSR count). The van der Waals surface area contributed by atoms with Crippen LogP contribution in [0, 0.1) is 11.8 Å². The van der Waals surface area contributed by atoms with Crippen molar-refractivity contribution in [1.29, 1.82) is 0 Å². The summed E-state index contributed by atoms with van der Waals surface area (Å²) in [4.78, 5) is 0. The summed E-state index contributed by atoms with van der Waals surface area (Å²) in [6.07, 6.45) is -0.249. The van der Waals surface area contributed by atoms with E-state index in [1.165, 1.54) is 0 Å². The molecule has 1 saturated carbocycles. The van der Waals surface area contributed by atoms with Gasteiger partial charge in [-0.2, -0.15) is 0 Å². The number of aliphatic hydroxyl groups is 1. The van der Waals surface area contributed by atoms with Gasteiger partial charge in [-0.15, -0.1) is 0 Å². The number of aliphatic hydroxyl groups excluding tert-OH is 1. The zero-order valence-electron chi connectivity index (χ0n) is 6.55. The summed E-state index contributed by atoms with van der Waals surface area (Å²) in [5.74, 6) is 0.603. The Hall–Kier alpha value is -0.110. The van der Waals surface area contributed by atoms with E-state index in [0.29, 0.717) is 12.3 Å². The molecule has 0 unspecified atom stereocenters. The predicted molar refractivity (Wildman–Crippen MR) is 38.5 cm³/mol. The molecule has 0 radical (unpaired) electrons. The van der Waals surface area contributed by atoms with Crippen LogP contribution in [0.2, 0.25) is 0 Å². The van der Waals surface area contributed by atoms with Crippen LogP contribution < -0.4 is 0 Å². The van der Waals surface area contributed by atoms with Crippen molar-refractivity contribution in [1.82, 2.24) is 0 Å². The first kappa shape index (κ1) is 7.99. The van der Waals surface area contributed by atoms with Gasteiger partial charge in [-0.25, -0.2) is 4.39 Å². The molecular weight excluding hydrogens is 131 g/mol. The molecule has 2 heteroatoms. The van der Waals surface area contributed by atoms with Crippen molar-refractivity contribution in [2.24, 2.45) is 11.8 Å². The lowest BCUT2D eigenvalue weighted by Crippen LogP contribution is -2.37. The lowest BCUT2D eigenvalue weighted by Gasteiger charge is -2.32. The van der Waals surface area contributed by atoms with Gasteiger partial charge in [0, 0.05) is 0 Å². The van der Waals surface area contributed by atoms with Crippen molar-refractivity contribution in [3.8, 4) is 0 Å². The minimum absolute atomic E-state index is 0.128. The molecule has 0 amide bonds. The van der Waals surface area contributed by atoms with Crippen LogP contribution in [-0.4, -0.2) is 17.4 Å². The number of alkyl halides is 1. The first-order chi connectivity index (χ1) is 4.63. The molecule has 0 aromatic carbocycles. The SMILES string of the molecule is C[C@H]1[C@@H](O)[C@@H](F)CC[C@H]1C. The summed E-state index contributed by atoms with van der Waals surface area (Å²) in [5, 5.41) is 9.24. The highest BCUT2D eigenvalue weighted by Crippen LogP contribution is 2.31. The van der Waals surface area contributed by atoms with E-state index < -0.39 is 12.3 Å². The van der Waals surface area contributed by atoms with Crippen LogP contribution in [0.15, 0.2) is 0 Å². The first-order valence-electron chi connectivity index (χ1n) is 3.95. The molecule has 1 nitrogen and oxygen atoms in total. The van der Waals surface area contributed by atoms with Crippen LogP contribution in [-0.2, 0) is 0 Å². The third-order valence-corrected chi connectivity index (χ3v) is 2.70. The van der Waals surface area contributed by atoms with E-state index in [0.717, 1.165) is 6.42 Å². The van der Waals surface area contributed by atoms with Crippen molar-refractivity contribution in [3.63, 3.8) is 0 Å². The summed E-state index contributed by atoms with van der Waals surface area (Å²) in [5.41, 5.74) is 0. The maximum absolute atomic E-state index is 12.8. The van der Waals surface area contributed by atoms with Gasteiger partial charge in [-0.05, 0) is 24.7 Å². The Kier molecular flexibility index (Phi) is 2.29. The van der Waals surface area contributed by atoms with E-state index in [1.807, 2.05) is 6.92 Å². The smallest absolute Gasteiger partial charge is 0.126 e. The lowest BCUT2D eigenvalue weighted by molar-refractivity contribution is -0.0180. The molecule has 0 aromatic rings. The van der Waals surface area contributed by atoms with E-state index in [-0.39, 0.29) is 5.92 Å². The summed E-state index contributed by atoms with van der Waals surface area (Å²) >= 11 is 0. The molecule has 0 spiro atoms. The van der Waals surface area contributed by atoms with E-state index in [2.05, 4.69) is 6.92 Å². The van der Waals surface area contributed by atoms with Gasteiger partial charge < -0.3 is 5.11 Å². The second-order valence-electron chi connectivity index (χ2n) is 3.42. The fourth-order valence-electron chi connectivity index (χ4n) is 1.52. The minimum atomic E-state index is -0.980. The monoisotopic (exact) mass is 146 g/mol. The zero-order chi connectivity index (χ0) is 7.72. The van der Waals surface area contributed by atoms with Crippen LogP contribution in [0.25, 0.3) is 0 Å².